The summed E-state index contributed by atoms with van der Waals surface area (Å²) in [5, 5.41) is 13.3. The van der Waals surface area contributed by atoms with Crippen molar-refractivity contribution in [1.82, 2.24) is 24.8 Å². The highest BCUT2D eigenvalue weighted by molar-refractivity contribution is 7.89. The number of carbonyl (C=O) groups is 1. The number of carbonyl (C=O) groups excluding carboxylic acids is 1. The number of methoxy groups -OCH3 is 1. The number of sulfonamides is 1. The second kappa shape index (κ2) is 10.2. The van der Waals surface area contributed by atoms with Gasteiger partial charge < -0.3 is 15.4 Å². The van der Waals surface area contributed by atoms with Crippen LogP contribution in [0.2, 0.25) is 0 Å². The van der Waals surface area contributed by atoms with Gasteiger partial charge in [0.25, 0.3) is 0 Å². The highest BCUT2D eigenvalue weighted by Crippen LogP contribution is 2.20. The smallest absolute Gasteiger partial charge is 0.319 e. The summed E-state index contributed by atoms with van der Waals surface area (Å²) in [4.78, 5) is 11.9. The Morgan fingerprint density at radius 1 is 1.21 bits per heavy atom. The van der Waals surface area contributed by atoms with Gasteiger partial charge in [0.2, 0.25) is 10.0 Å². The molecule has 1 atom stereocenters. The van der Waals surface area contributed by atoms with Gasteiger partial charge in [-0.1, -0.05) is 18.4 Å². The minimum atomic E-state index is -3.79. The highest BCUT2D eigenvalue weighted by atomic mass is 32.2. The molecule has 2 aromatic rings. The number of urea groups is 1. The van der Waals surface area contributed by atoms with Gasteiger partial charge in [0, 0.05) is 18.8 Å². The minimum absolute atomic E-state index is 0.0795. The first-order valence-corrected chi connectivity index (χ1v) is 10.9. The Hall–Kier alpha value is -2.66. The molecule has 0 fully saturated rings. The molecule has 10 nitrogen and oxygen atoms in total. The van der Waals surface area contributed by atoms with Crippen LogP contribution in [0.25, 0.3) is 0 Å². The molecule has 1 heterocycles. The second-order valence-corrected chi connectivity index (χ2v) is 8.10. The van der Waals surface area contributed by atoms with Crippen LogP contribution in [0.3, 0.4) is 0 Å². The van der Waals surface area contributed by atoms with Gasteiger partial charge in [-0.15, -0.1) is 5.10 Å². The number of unbranched alkanes of at least 4 members (excludes halogenated alkanes) is 1. The number of hydrogen-bond donors (Lipinski definition) is 3. The Kier molecular flexibility index (Phi) is 7.97. The molecule has 2 amide bonds. The maximum Gasteiger partial charge on any atom is 0.319 e. The van der Waals surface area contributed by atoms with E-state index in [1.165, 1.54) is 31.4 Å². The molecule has 0 aliphatic heterocycles. The third kappa shape index (κ3) is 5.91. The molecule has 1 aromatic heterocycles. The van der Waals surface area contributed by atoms with Gasteiger partial charge in [-0.3, -0.25) is 4.57 Å². The van der Waals surface area contributed by atoms with Crippen LogP contribution in [0.5, 0.6) is 6.01 Å². The van der Waals surface area contributed by atoms with E-state index in [9.17, 15) is 13.2 Å². The lowest BCUT2D eigenvalue weighted by Gasteiger charge is -2.15. The zero-order chi connectivity index (χ0) is 21.4. The Bertz CT molecular complexity index is 911. The van der Waals surface area contributed by atoms with E-state index >= 15 is 0 Å². The van der Waals surface area contributed by atoms with Gasteiger partial charge in [0.1, 0.15) is 0 Å². The molecule has 29 heavy (non-hydrogen) atoms. The van der Waals surface area contributed by atoms with Crippen LogP contribution in [0, 0.1) is 0 Å². The molecule has 1 aromatic carbocycles. The maximum absolute atomic E-state index is 12.7. The third-order valence-corrected chi connectivity index (χ3v) is 5.76. The summed E-state index contributed by atoms with van der Waals surface area (Å²) in [7, 11) is -2.31. The number of nitrogens with zero attached hydrogens (tertiary/aromatic N) is 3. The van der Waals surface area contributed by atoms with E-state index in [0.29, 0.717) is 30.6 Å². The molecular formula is C18H28N6O4S. The summed E-state index contributed by atoms with van der Waals surface area (Å²) in [6.45, 7) is 6.74. The van der Waals surface area contributed by atoms with Gasteiger partial charge in [0.05, 0.1) is 18.0 Å². The fourth-order valence-corrected chi connectivity index (χ4v) is 3.89. The standard InChI is InChI=1S/C18H28N6O4S/c1-5-7-12-19-17(25)20-14-8-10-15(11-9-14)29(26,27)23-13(3)16-21-22-18(28-4)24(16)6-2/h8-11,13,23H,5-7,12H2,1-4H3,(H2,19,20,25)/t13-/m1/s1. The lowest BCUT2D eigenvalue weighted by molar-refractivity contribution is 0.252. The average Bonchev–Trinajstić information content (AvgIpc) is 3.11. The summed E-state index contributed by atoms with van der Waals surface area (Å²) >= 11 is 0. The van der Waals surface area contributed by atoms with Crippen molar-refractivity contribution >= 4 is 21.7 Å². The first-order chi connectivity index (χ1) is 13.8. The fraction of sp³-hybridized carbons (Fsp3) is 0.500. The number of benzene rings is 1. The number of nitrogens with one attached hydrogen (secondary N) is 3. The second-order valence-electron chi connectivity index (χ2n) is 6.39. The predicted octanol–water partition coefficient (Wildman–Crippen LogP) is 2.27. The monoisotopic (exact) mass is 424 g/mol. The van der Waals surface area contributed by atoms with Crippen LogP contribution in [0.4, 0.5) is 10.5 Å². The van der Waals surface area contributed by atoms with Crippen LogP contribution >= 0.6 is 0 Å². The zero-order valence-corrected chi connectivity index (χ0v) is 17.9. The number of hydrogen-bond acceptors (Lipinski definition) is 6. The van der Waals surface area contributed by atoms with E-state index in [0.717, 1.165) is 12.8 Å². The number of aromatic nitrogens is 3. The van der Waals surface area contributed by atoms with E-state index in [2.05, 4.69) is 25.6 Å². The zero-order valence-electron chi connectivity index (χ0n) is 17.1. The van der Waals surface area contributed by atoms with E-state index in [-0.39, 0.29) is 10.9 Å². The Balaban J connectivity index is 2.05. The largest absolute Gasteiger partial charge is 0.467 e. The summed E-state index contributed by atoms with van der Waals surface area (Å²) in [6.07, 6.45) is 1.88. The molecule has 0 aliphatic carbocycles. The van der Waals surface area contributed by atoms with Gasteiger partial charge in [-0.25, -0.2) is 17.9 Å². The highest BCUT2D eigenvalue weighted by Gasteiger charge is 2.23. The molecule has 3 N–H and O–H groups in total. The average molecular weight is 425 g/mol. The van der Waals surface area contributed by atoms with E-state index in [4.69, 9.17) is 4.74 Å². The van der Waals surface area contributed by atoms with Crippen molar-refractivity contribution in [1.29, 1.82) is 0 Å². The third-order valence-electron chi connectivity index (χ3n) is 4.20. The quantitative estimate of drug-likeness (QED) is 0.502. The fourth-order valence-electron chi connectivity index (χ4n) is 2.69. The van der Waals surface area contributed by atoms with Gasteiger partial charge in [0.15, 0.2) is 5.82 Å². The van der Waals surface area contributed by atoms with Crippen LogP contribution in [-0.4, -0.2) is 42.9 Å². The number of anilines is 1. The summed E-state index contributed by atoms with van der Waals surface area (Å²) in [5.74, 6) is 0.454. The maximum atomic E-state index is 12.7. The lowest BCUT2D eigenvalue weighted by atomic mass is 10.3. The first kappa shape index (κ1) is 22.6. The van der Waals surface area contributed by atoms with Crippen molar-refractivity contribution in [3.63, 3.8) is 0 Å². The van der Waals surface area contributed by atoms with E-state index in [1.54, 1.807) is 11.5 Å². The number of rotatable bonds is 10. The summed E-state index contributed by atoms with van der Waals surface area (Å²) in [5.41, 5.74) is 0.501. The van der Waals surface area contributed by atoms with Gasteiger partial charge >= 0.3 is 12.0 Å². The summed E-state index contributed by atoms with van der Waals surface area (Å²) < 4.78 is 34.8. The molecule has 11 heteroatoms. The van der Waals surface area contributed by atoms with Gasteiger partial charge in [-0.2, -0.15) is 0 Å². The normalized spacial score (nSPS) is 12.4. The van der Waals surface area contributed by atoms with Crippen LogP contribution < -0.4 is 20.1 Å². The Morgan fingerprint density at radius 3 is 2.48 bits per heavy atom. The Labute approximate surface area is 171 Å². The molecule has 160 valence electrons. The SMILES string of the molecule is CCCCNC(=O)Nc1ccc(S(=O)(=O)N[C@H](C)c2nnc(OC)n2CC)cc1. The molecule has 0 saturated carbocycles. The van der Waals surface area contributed by atoms with Crippen molar-refractivity contribution in [2.24, 2.45) is 0 Å². The van der Waals surface area contributed by atoms with Crippen molar-refractivity contribution in [2.45, 2.75) is 51.1 Å². The van der Waals surface area contributed by atoms with Crippen molar-refractivity contribution in [3.8, 4) is 6.01 Å². The molecule has 0 bridgehead atoms. The summed E-state index contributed by atoms with van der Waals surface area (Å²) in [6, 6.07) is 5.32. The van der Waals surface area contributed by atoms with Crippen LogP contribution in [-0.2, 0) is 16.6 Å². The minimum Gasteiger partial charge on any atom is -0.467 e. The molecule has 0 unspecified atom stereocenters. The number of ether oxygens (including phenoxy) is 1. The predicted molar refractivity (Wildman–Crippen MR) is 109 cm³/mol. The molecule has 0 saturated heterocycles. The van der Waals surface area contributed by atoms with Crippen LogP contribution in [0.15, 0.2) is 29.2 Å². The number of amides is 2. The topological polar surface area (TPSA) is 127 Å². The van der Waals surface area contributed by atoms with Gasteiger partial charge in [-0.05, 0) is 44.5 Å². The van der Waals surface area contributed by atoms with Crippen molar-refractivity contribution < 1.29 is 17.9 Å². The molecule has 2 rings (SSSR count). The Morgan fingerprint density at radius 2 is 1.90 bits per heavy atom. The first-order valence-electron chi connectivity index (χ1n) is 9.46. The van der Waals surface area contributed by atoms with Crippen molar-refractivity contribution in [2.75, 3.05) is 19.0 Å². The molecule has 0 radical (unpaired) electrons. The molecule has 0 spiro atoms. The van der Waals surface area contributed by atoms with E-state index < -0.39 is 16.1 Å². The van der Waals surface area contributed by atoms with Crippen molar-refractivity contribution in [3.05, 3.63) is 30.1 Å². The lowest BCUT2D eigenvalue weighted by Crippen LogP contribution is -2.30. The molecular weight excluding hydrogens is 396 g/mol. The van der Waals surface area contributed by atoms with E-state index in [1.807, 2.05) is 13.8 Å². The molecule has 0 aliphatic rings. The van der Waals surface area contributed by atoms with Crippen LogP contribution in [0.1, 0.15) is 45.5 Å².